The second-order valence-corrected chi connectivity index (χ2v) is 6.45. The molecule has 5 nitrogen and oxygen atoms in total. The first kappa shape index (κ1) is 12.3. The number of carboxylic acids is 1. The molecule has 0 bridgehead atoms. The number of nitrogens with zero attached hydrogens (tertiary/aromatic N) is 2. The Bertz CT molecular complexity index is 603. The number of hydrogen-bond acceptors (Lipinski definition) is 5. The number of aromatic nitrogens is 2. The summed E-state index contributed by atoms with van der Waals surface area (Å²) in [6.45, 7) is 3.83. The minimum Gasteiger partial charge on any atom is -0.481 e. The van der Waals surface area contributed by atoms with Crippen LogP contribution in [-0.2, 0) is 11.2 Å². The van der Waals surface area contributed by atoms with Gasteiger partial charge in [0.1, 0.15) is 0 Å². The van der Waals surface area contributed by atoms with Crippen LogP contribution in [0.3, 0.4) is 0 Å². The van der Waals surface area contributed by atoms with Gasteiger partial charge in [-0.05, 0) is 16.9 Å². The standard InChI is InChI=1S/C13H14N2O3S/c1-13(2)9(10(13)12(16)17)11-14-8(15-18-11)6-7-4-3-5-19-7/h3-5,9-10H,6H2,1-2H3,(H,16,17). The lowest BCUT2D eigenvalue weighted by atomic mass is 10.1. The predicted molar refractivity (Wildman–Crippen MR) is 69.1 cm³/mol. The van der Waals surface area contributed by atoms with Crippen molar-refractivity contribution < 1.29 is 14.4 Å². The molecule has 2 heterocycles. The molecule has 2 unspecified atom stereocenters. The normalized spacial score (nSPS) is 24.3. The Kier molecular flexibility index (Phi) is 2.70. The zero-order chi connectivity index (χ0) is 13.6. The van der Waals surface area contributed by atoms with Crippen molar-refractivity contribution in [2.75, 3.05) is 0 Å². The molecule has 0 radical (unpaired) electrons. The molecule has 0 amide bonds. The molecule has 3 rings (SSSR count). The highest BCUT2D eigenvalue weighted by molar-refractivity contribution is 7.09. The van der Waals surface area contributed by atoms with Crippen LogP contribution in [0.25, 0.3) is 0 Å². The van der Waals surface area contributed by atoms with E-state index < -0.39 is 11.9 Å². The Morgan fingerprint density at radius 2 is 2.37 bits per heavy atom. The molecule has 6 heteroatoms. The van der Waals surface area contributed by atoms with Gasteiger partial charge in [-0.25, -0.2) is 0 Å². The van der Waals surface area contributed by atoms with E-state index in [9.17, 15) is 4.79 Å². The smallest absolute Gasteiger partial charge is 0.307 e. The summed E-state index contributed by atoms with van der Waals surface area (Å²) in [6.07, 6.45) is 0.631. The summed E-state index contributed by atoms with van der Waals surface area (Å²) in [6, 6.07) is 3.99. The molecule has 1 aliphatic rings. The highest BCUT2D eigenvalue weighted by Gasteiger charge is 2.65. The van der Waals surface area contributed by atoms with Crippen LogP contribution < -0.4 is 0 Å². The highest BCUT2D eigenvalue weighted by Crippen LogP contribution is 2.63. The van der Waals surface area contributed by atoms with E-state index in [1.807, 2.05) is 31.4 Å². The maximum absolute atomic E-state index is 11.1. The Labute approximate surface area is 114 Å². The Balaban J connectivity index is 1.77. The summed E-state index contributed by atoms with van der Waals surface area (Å²) >= 11 is 1.64. The van der Waals surface area contributed by atoms with Gasteiger partial charge < -0.3 is 9.63 Å². The molecule has 1 N–H and O–H groups in total. The Morgan fingerprint density at radius 3 is 2.95 bits per heavy atom. The molecule has 1 saturated carbocycles. The lowest BCUT2D eigenvalue weighted by molar-refractivity contribution is -0.139. The topological polar surface area (TPSA) is 76.2 Å². The van der Waals surface area contributed by atoms with Crippen LogP contribution in [0.5, 0.6) is 0 Å². The van der Waals surface area contributed by atoms with Gasteiger partial charge in [0.25, 0.3) is 0 Å². The molecule has 0 aliphatic heterocycles. The lowest BCUT2D eigenvalue weighted by Crippen LogP contribution is -2.03. The number of carbonyl (C=O) groups is 1. The monoisotopic (exact) mass is 278 g/mol. The molecular weight excluding hydrogens is 264 g/mol. The summed E-state index contributed by atoms with van der Waals surface area (Å²) in [7, 11) is 0. The molecule has 2 atom stereocenters. The molecule has 19 heavy (non-hydrogen) atoms. The van der Waals surface area contributed by atoms with Gasteiger partial charge in [0.2, 0.25) is 5.89 Å². The second kappa shape index (κ2) is 4.16. The van der Waals surface area contributed by atoms with E-state index in [1.165, 1.54) is 0 Å². The fourth-order valence-electron chi connectivity index (χ4n) is 2.59. The number of thiophene rings is 1. The molecule has 2 aromatic heterocycles. The molecule has 1 fully saturated rings. The van der Waals surface area contributed by atoms with E-state index >= 15 is 0 Å². The maximum Gasteiger partial charge on any atom is 0.307 e. The number of hydrogen-bond donors (Lipinski definition) is 1. The van der Waals surface area contributed by atoms with Crippen LogP contribution in [-0.4, -0.2) is 21.2 Å². The van der Waals surface area contributed by atoms with Crippen molar-refractivity contribution in [1.29, 1.82) is 0 Å². The van der Waals surface area contributed by atoms with E-state index in [0.717, 1.165) is 4.88 Å². The maximum atomic E-state index is 11.1. The fourth-order valence-corrected chi connectivity index (χ4v) is 3.30. The van der Waals surface area contributed by atoms with E-state index in [2.05, 4.69) is 10.1 Å². The summed E-state index contributed by atoms with van der Waals surface area (Å²) in [4.78, 5) is 16.6. The first-order valence-electron chi connectivity index (χ1n) is 6.08. The SMILES string of the molecule is CC1(C)C(C(=O)O)C1c1nc(Cc2cccs2)no1. The largest absolute Gasteiger partial charge is 0.481 e. The number of aliphatic carboxylic acids is 1. The Morgan fingerprint density at radius 1 is 1.58 bits per heavy atom. The fraction of sp³-hybridized carbons (Fsp3) is 0.462. The first-order valence-corrected chi connectivity index (χ1v) is 6.96. The van der Waals surface area contributed by atoms with Crippen molar-refractivity contribution in [2.45, 2.75) is 26.2 Å². The van der Waals surface area contributed by atoms with Gasteiger partial charge in [0, 0.05) is 11.3 Å². The number of carboxylic acid groups (broad SMARTS) is 1. The van der Waals surface area contributed by atoms with Gasteiger partial charge in [-0.2, -0.15) is 4.98 Å². The van der Waals surface area contributed by atoms with Crippen molar-refractivity contribution in [3.8, 4) is 0 Å². The van der Waals surface area contributed by atoms with E-state index in [-0.39, 0.29) is 11.3 Å². The Hall–Kier alpha value is -1.69. The van der Waals surface area contributed by atoms with Crippen LogP contribution in [0.1, 0.15) is 36.4 Å². The molecule has 100 valence electrons. The predicted octanol–water partition coefficient (Wildman–Crippen LogP) is 2.55. The van der Waals surface area contributed by atoms with Crippen molar-refractivity contribution in [2.24, 2.45) is 11.3 Å². The second-order valence-electron chi connectivity index (χ2n) is 5.42. The van der Waals surface area contributed by atoms with Gasteiger partial charge in [-0.3, -0.25) is 4.79 Å². The van der Waals surface area contributed by atoms with E-state index in [1.54, 1.807) is 11.3 Å². The molecule has 0 saturated heterocycles. The third kappa shape index (κ3) is 2.06. The van der Waals surface area contributed by atoms with Crippen LogP contribution in [0, 0.1) is 11.3 Å². The van der Waals surface area contributed by atoms with Gasteiger partial charge in [-0.15, -0.1) is 11.3 Å². The average Bonchev–Trinajstić information content (AvgIpc) is 2.80. The van der Waals surface area contributed by atoms with Crippen molar-refractivity contribution in [3.05, 3.63) is 34.1 Å². The minimum atomic E-state index is -0.798. The quantitative estimate of drug-likeness (QED) is 0.930. The lowest BCUT2D eigenvalue weighted by Gasteiger charge is -1.96. The van der Waals surface area contributed by atoms with Crippen molar-refractivity contribution in [1.82, 2.24) is 10.1 Å². The highest BCUT2D eigenvalue weighted by atomic mass is 32.1. The molecular formula is C13H14N2O3S. The number of rotatable bonds is 4. The average molecular weight is 278 g/mol. The third-order valence-electron chi connectivity index (χ3n) is 3.76. The molecule has 0 spiro atoms. The molecule has 2 aromatic rings. The van der Waals surface area contributed by atoms with Crippen LogP contribution in [0.4, 0.5) is 0 Å². The van der Waals surface area contributed by atoms with Gasteiger partial charge in [-0.1, -0.05) is 25.1 Å². The van der Waals surface area contributed by atoms with Crippen molar-refractivity contribution >= 4 is 17.3 Å². The van der Waals surface area contributed by atoms with E-state index in [4.69, 9.17) is 9.63 Å². The summed E-state index contributed by atoms with van der Waals surface area (Å²) in [5, 5.41) is 15.1. The van der Waals surface area contributed by atoms with Gasteiger partial charge in [0.05, 0.1) is 11.8 Å². The zero-order valence-electron chi connectivity index (χ0n) is 10.7. The summed E-state index contributed by atoms with van der Waals surface area (Å²) in [5.41, 5.74) is -0.307. The summed E-state index contributed by atoms with van der Waals surface area (Å²) in [5.74, 6) is -0.335. The van der Waals surface area contributed by atoms with Crippen LogP contribution in [0.15, 0.2) is 22.0 Å². The third-order valence-corrected chi connectivity index (χ3v) is 4.63. The zero-order valence-corrected chi connectivity index (χ0v) is 11.5. The molecule has 1 aliphatic carbocycles. The van der Waals surface area contributed by atoms with E-state index in [0.29, 0.717) is 18.1 Å². The van der Waals surface area contributed by atoms with Gasteiger partial charge in [0.15, 0.2) is 5.82 Å². The minimum absolute atomic E-state index is 0.172. The summed E-state index contributed by atoms with van der Waals surface area (Å²) < 4.78 is 5.23. The van der Waals surface area contributed by atoms with Crippen LogP contribution >= 0.6 is 11.3 Å². The van der Waals surface area contributed by atoms with Crippen LogP contribution in [0.2, 0.25) is 0 Å². The van der Waals surface area contributed by atoms with Gasteiger partial charge >= 0.3 is 5.97 Å². The molecule has 0 aromatic carbocycles. The van der Waals surface area contributed by atoms with Crippen molar-refractivity contribution in [3.63, 3.8) is 0 Å². The first-order chi connectivity index (χ1) is 9.00.